The Kier molecular flexibility index (Phi) is 7.00. The van der Waals surface area contributed by atoms with E-state index in [9.17, 15) is 9.59 Å². The SMILES string of the molecule is CCCCCCCC(=O)C(C=O)c1ccccc1. The number of ketones is 1. The molecule has 0 aliphatic carbocycles. The van der Waals surface area contributed by atoms with Gasteiger partial charge in [-0.25, -0.2) is 0 Å². The molecular weight excluding hydrogens is 224 g/mol. The number of hydrogen-bond acceptors (Lipinski definition) is 2. The highest BCUT2D eigenvalue weighted by Gasteiger charge is 2.18. The predicted octanol–water partition coefficient (Wildman–Crippen LogP) is 3.90. The zero-order valence-electron chi connectivity index (χ0n) is 11.1. The number of benzene rings is 1. The van der Waals surface area contributed by atoms with Crippen LogP contribution in [0, 0.1) is 0 Å². The van der Waals surface area contributed by atoms with E-state index in [4.69, 9.17) is 0 Å². The molecule has 1 rings (SSSR count). The third-order valence-electron chi connectivity index (χ3n) is 3.17. The van der Waals surface area contributed by atoms with Crippen LogP contribution in [-0.4, -0.2) is 12.1 Å². The lowest BCUT2D eigenvalue weighted by Crippen LogP contribution is -2.13. The van der Waals surface area contributed by atoms with Crippen LogP contribution in [0.1, 0.15) is 56.9 Å². The fourth-order valence-corrected chi connectivity index (χ4v) is 2.06. The van der Waals surface area contributed by atoms with Gasteiger partial charge in [-0.05, 0) is 12.0 Å². The van der Waals surface area contributed by atoms with Crippen molar-refractivity contribution in [3.05, 3.63) is 35.9 Å². The van der Waals surface area contributed by atoms with Crippen LogP contribution in [0.15, 0.2) is 30.3 Å². The molecule has 0 fully saturated rings. The number of hydrogen-bond donors (Lipinski definition) is 0. The van der Waals surface area contributed by atoms with Gasteiger partial charge in [0, 0.05) is 6.42 Å². The first-order valence-electron chi connectivity index (χ1n) is 6.82. The molecule has 1 aromatic carbocycles. The fourth-order valence-electron chi connectivity index (χ4n) is 2.06. The molecule has 0 spiro atoms. The van der Waals surface area contributed by atoms with Gasteiger partial charge in [0.2, 0.25) is 0 Å². The van der Waals surface area contributed by atoms with Gasteiger partial charge in [0.15, 0.2) is 0 Å². The Balaban J connectivity index is 2.41. The summed E-state index contributed by atoms with van der Waals surface area (Å²) in [6.45, 7) is 2.17. The molecule has 2 nitrogen and oxygen atoms in total. The lowest BCUT2D eigenvalue weighted by atomic mass is 9.93. The predicted molar refractivity (Wildman–Crippen MR) is 73.6 cm³/mol. The van der Waals surface area contributed by atoms with E-state index in [0.29, 0.717) is 6.42 Å². The van der Waals surface area contributed by atoms with E-state index in [-0.39, 0.29) is 5.78 Å². The molecule has 0 N–H and O–H groups in total. The number of aldehydes is 1. The maximum Gasteiger partial charge on any atom is 0.147 e. The highest BCUT2D eigenvalue weighted by atomic mass is 16.1. The third kappa shape index (κ3) is 4.82. The average Bonchev–Trinajstić information content (AvgIpc) is 2.40. The Bertz CT molecular complexity index is 357. The number of unbranched alkanes of at least 4 members (excludes halogenated alkanes) is 4. The quantitative estimate of drug-likeness (QED) is 0.376. The third-order valence-corrected chi connectivity index (χ3v) is 3.17. The summed E-state index contributed by atoms with van der Waals surface area (Å²) >= 11 is 0. The van der Waals surface area contributed by atoms with Gasteiger partial charge in [0.25, 0.3) is 0 Å². The molecule has 0 bridgehead atoms. The topological polar surface area (TPSA) is 34.1 Å². The molecule has 1 unspecified atom stereocenters. The second kappa shape index (κ2) is 8.62. The minimum absolute atomic E-state index is 0.0488. The lowest BCUT2D eigenvalue weighted by molar-refractivity contribution is -0.124. The number of Topliss-reactive ketones (excluding diaryl/α,β-unsaturated/α-hetero) is 1. The summed E-state index contributed by atoms with van der Waals surface area (Å²) in [6, 6.07) is 9.30. The van der Waals surface area contributed by atoms with Gasteiger partial charge >= 0.3 is 0 Å². The van der Waals surface area contributed by atoms with Crippen molar-refractivity contribution in [1.82, 2.24) is 0 Å². The maximum atomic E-state index is 12.0. The Labute approximate surface area is 109 Å². The molecule has 0 aromatic heterocycles. The van der Waals surface area contributed by atoms with E-state index in [0.717, 1.165) is 24.7 Å². The van der Waals surface area contributed by atoms with Crippen LogP contribution in [0.4, 0.5) is 0 Å². The van der Waals surface area contributed by atoms with Crippen LogP contribution in [0.5, 0.6) is 0 Å². The first-order valence-corrected chi connectivity index (χ1v) is 6.82. The van der Waals surface area contributed by atoms with Gasteiger partial charge in [0.1, 0.15) is 12.1 Å². The average molecular weight is 246 g/mol. The minimum Gasteiger partial charge on any atom is -0.302 e. The van der Waals surface area contributed by atoms with Crippen LogP contribution in [0.2, 0.25) is 0 Å². The molecular formula is C16H22O2. The van der Waals surface area contributed by atoms with Gasteiger partial charge in [-0.1, -0.05) is 62.9 Å². The summed E-state index contributed by atoms with van der Waals surface area (Å²) < 4.78 is 0. The fraction of sp³-hybridized carbons (Fsp3) is 0.500. The van der Waals surface area contributed by atoms with Crippen molar-refractivity contribution < 1.29 is 9.59 Å². The Morgan fingerprint density at radius 3 is 2.39 bits per heavy atom. The molecule has 0 radical (unpaired) electrons. The Morgan fingerprint density at radius 2 is 1.78 bits per heavy atom. The number of carbonyl (C=O) groups excluding carboxylic acids is 2. The van der Waals surface area contributed by atoms with E-state index >= 15 is 0 Å². The normalized spacial score (nSPS) is 12.1. The summed E-state index contributed by atoms with van der Waals surface area (Å²) in [6.07, 6.45) is 6.88. The molecule has 0 heterocycles. The van der Waals surface area contributed by atoms with E-state index in [1.165, 1.54) is 19.3 Å². The van der Waals surface area contributed by atoms with Crippen LogP contribution < -0.4 is 0 Å². The summed E-state index contributed by atoms with van der Waals surface area (Å²) in [5, 5.41) is 0. The van der Waals surface area contributed by atoms with E-state index in [2.05, 4.69) is 6.92 Å². The van der Waals surface area contributed by atoms with Crippen molar-refractivity contribution in [1.29, 1.82) is 0 Å². The van der Waals surface area contributed by atoms with Crippen molar-refractivity contribution in [3.8, 4) is 0 Å². The van der Waals surface area contributed by atoms with Crippen molar-refractivity contribution in [3.63, 3.8) is 0 Å². The van der Waals surface area contributed by atoms with Gasteiger partial charge in [0.05, 0.1) is 5.92 Å². The van der Waals surface area contributed by atoms with E-state index in [1.807, 2.05) is 30.3 Å². The molecule has 1 aromatic rings. The molecule has 2 heteroatoms. The van der Waals surface area contributed by atoms with E-state index in [1.54, 1.807) is 0 Å². The standard InChI is InChI=1S/C16H22O2/c1-2-3-4-5-9-12-16(18)15(13-17)14-10-7-6-8-11-14/h6-8,10-11,13,15H,2-5,9,12H2,1H3. The van der Waals surface area contributed by atoms with Gasteiger partial charge in [-0.2, -0.15) is 0 Å². The summed E-state index contributed by atoms with van der Waals surface area (Å²) in [7, 11) is 0. The molecule has 0 saturated heterocycles. The van der Waals surface area contributed by atoms with Crippen LogP contribution >= 0.6 is 0 Å². The van der Waals surface area contributed by atoms with Crippen LogP contribution in [0.25, 0.3) is 0 Å². The lowest BCUT2D eigenvalue weighted by Gasteiger charge is -2.09. The van der Waals surface area contributed by atoms with Crippen molar-refractivity contribution in [2.24, 2.45) is 0 Å². The summed E-state index contributed by atoms with van der Waals surface area (Å²) in [5.41, 5.74) is 0.811. The number of rotatable bonds is 9. The molecule has 0 amide bonds. The first kappa shape index (κ1) is 14.6. The monoisotopic (exact) mass is 246 g/mol. The summed E-state index contributed by atoms with van der Waals surface area (Å²) in [5.74, 6) is -0.523. The van der Waals surface area contributed by atoms with Crippen molar-refractivity contribution in [2.75, 3.05) is 0 Å². The highest BCUT2D eigenvalue weighted by molar-refractivity contribution is 5.98. The zero-order valence-corrected chi connectivity index (χ0v) is 11.1. The van der Waals surface area contributed by atoms with Crippen LogP contribution in [0.3, 0.4) is 0 Å². The smallest absolute Gasteiger partial charge is 0.147 e. The Morgan fingerprint density at radius 1 is 1.11 bits per heavy atom. The second-order valence-electron chi connectivity index (χ2n) is 4.65. The second-order valence-corrected chi connectivity index (χ2v) is 4.65. The largest absolute Gasteiger partial charge is 0.302 e. The first-order chi connectivity index (χ1) is 8.79. The zero-order chi connectivity index (χ0) is 13.2. The Hall–Kier alpha value is -1.44. The molecule has 1 atom stereocenters. The minimum atomic E-state index is -0.572. The molecule has 98 valence electrons. The van der Waals surface area contributed by atoms with E-state index < -0.39 is 5.92 Å². The highest BCUT2D eigenvalue weighted by Crippen LogP contribution is 2.17. The molecule has 18 heavy (non-hydrogen) atoms. The summed E-state index contributed by atoms with van der Waals surface area (Å²) in [4.78, 5) is 23.0. The van der Waals surface area contributed by atoms with Crippen molar-refractivity contribution >= 4 is 12.1 Å². The van der Waals surface area contributed by atoms with Gasteiger partial charge in [-0.15, -0.1) is 0 Å². The van der Waals surface area contributed by atoms with Gasteiger partial charge < -0.3 is 4.79 Å². The molecule has 0 saturated carbocycles. The maximum absolute atomic E-state index is 12.0. The molecule has 0 aliphatic rings. The molecule has 0 aliphatic heterocycles. The van der Waals surface area contributed by atoms with Crippen molar-refractivity contribution in [2.45, 2.75) is 51.4 Å². The number of carbonyl (C=O) groups is 2. The van der Waals surface area contributed by atoms with Crippen LogP contribution in [-0.2, 0) is 9.59 Å². The van der Waals surface area contributed by atoms with Gasteiger partial charge in [-0.3, -0.25) is 4.79 Å².